The van der Waals surface area contributed by atoms with Gasteiger partial charge < -0.3 is 5.11 Å². The molecule has 0 aliphatic rings. The van der Waals surface area contributed by atoms with Crippen LogP contribution in [0.4, 0.5) is 0 Å². The first kappa shape index (κ1) is 13.3. The fourth-order valence-electron chi connectivity index (χ4n) is 2.41. The Morgan fingerprint density at radius 3 is 2.67 bits per heavy atom. The number of benzene rings is 1. The summed E-state index contributed by atoms with van der Waals surface area (Å²) in [5, 5.41) is 8.82. The zero-order chi connectivity index (χ0) is 14.8. The molecule has 0 fully saturated rings. The van der Waals surface area contributed by atoms with Gasteiger partial charge >= 0.3 is 5.97 Å². The molecule has 0 saturated carbocycles. The number of hydrogen-bond acceptors (Lipinski definition) is 3. The van der Waals surface area contributed by atoms with E-state index in [1.807, 2.05) is 41.0 Å². The van der Waals surface area contributed by atoms with Crippen molar-refractivity contribution in [2.45, 2.75) is 19.8 Å². The van der Waals surface area contributed by atoms with Crippen molar-refractivity contribution in [3.05, 3.63) is 54.0 Å². The summed E-state index contributed by atoms with van der Waals surface area (Å²) in [6.45, 7) is 2.05. The number of rotatable bonds is 4. The zero-order valence-corrected chi connectivity index (χ0v) is 11.7. The summed E-state index contributed by atoms with van der Waals surface area (Å²) in [7, 11) is 0. The van der Waals surface area contributed by atoms with E-state index in [0.29, 0.717) is 0 Å². The van der Waals surface area contributed by atoms with Crippen LogP contribution in [0.1, 0.15) is 18.3 Å². The van der Waals surface area contributed by atoms with Crippen LogP contribution in [0.25, 0.3) is 16.9 Å². The summed E-state index contributed by atoms with van der Waals surface area (Å²) < 4.78 is 2.01. The molecule has 3 aromatic rings. The molecule has 0 atom stereocenters. The molecule has 1 N–H and O–H groups in total. The van der Waals surface area contributed by atoms with Gasteiger partial charge in [0, 0.05) is 18.3 Å². The average Bonchev–Trinajstić information content (AvgIpc) is 2.86. The summed E-state index contributed by atoms with van der Waals surface area (Å²) in [5.41, 5.74) is 3.41. The Bertz CT molecular complexity index is 791. The normalized spacial score (nSPS) is 10.9. The second-order valence-electron chi connectivity index (χ2n) is 4.80. The van der Waals surface area contributed by atoms with E-state index in [4.69, 9.17) is 5.11 Å². The number of aromatic nitrogens is 3. The van der Waals surface area contributed by atoms with Gasteiger partial charge in [0.1, 0.15) is 11.3 Å². The Morgan fingerprint density at radius 1 is 1.24 bits per heavy atom. The van der Waals surface area contributed by atoms with Crippen LogP contribution >= 0.6 is 0 Å². The number of aliphatic carboxylic acids is 1. The lowest BCUT2D eigenvalue weighted by Crippen LogP contribution is -2.03. The van der Waals surface area contributed by atoms with Crippen molar-refractivity contribution in [3.63, 3.8) is 0 Å². The van der Waals surface area contributed by atoms with E-state index in [-0.39, 0.29) is 6.42 Å². The minimum Gasteiger partial charge on any atom is -0.481 e. The van der Waals surface area contributed by atoms with Gasteiger partial charge in [-0.3, -0.25) is 9.36 Å². The number of fused-ring (bicyclic) bond motifs is 1. The number of hydrogen-bond donors (Lipinski definition) is 1. The third-order valence-corrected chi connectivity index (χ3v) is 3.35. The molecule has 21 heavy (non-hydrogen) atoms. The summed E-state index contributed by atoms with van der Waals surface area (Å²) in [6.07, 6.45) is 2.58. The van der Waals surface area contributed by atoms with Crippen molar-refractivity contribution in [1.29, 1.82) is 0 Å². The Kier molecular flexibility index (Phi) is 3.39. The Balaban J connectivity index is 2.09. The highest BCUT2D eigenvalue weighted by Crippen LogP contribution is 2.20. The van der Waals surface area contributed by atoms with E-state index < -0.39 is 5.97 Å². The van der Waals surface area contributed by atoms with E-state index in [9.17, 15) is 4.79 Å². The number of carbonyl (C=O) groups is 1. The number of carboxylic acids is 1. The highest BCUT2D eigenvalue weighted by atomic mass is 16.4. The largest absolute Gasteiger partial charge is 0.481 e. The molecule has 0 bridgehead atoms. The number of pyridine rings is 1. The highest BCUT2D eigenvalue weighted by Gasteiger charge is 2.11. The van der Waals surface area contributed by atoms with Crippen molar-refractivity contribution >= 4 is 17.1 Å². The summed E-state index contributed by atoms with van der Waals surface area (Å²) in [5.74, 6) is 0.112. The van der Waals surface area contributed by atoms with Gasteiger partial charge in [0.05, 0.1) is 6.42 Å². The zero-order valence-electron chi connectivity index (χ0n) is 11.7. The van der Waals surface area contributed by atoms with Gasteiger partial charge in [0.15, 0.2) is 5.65 Å². The number of aryl methyl sites for hydroxylation is 1. The maximum absolute atomic E-state index is 10.7. The van der Waals surface area contributed by atoms with Crippen molar-refractivity contribution in [3.8, 4) is 5.69 Å². The van der Waals surface area contributed by atoms with Crippen molar-refractivity contribution in [2.24, 2.45) is 0 Å². The predicted octanol–water partition coefficient (Wildman–Crippen LogP) is 2.61. The lowest BCUT2D eigenvalue weighted by molar-refractivity contribution is -0.136. The molecule has 0 aliphatic carbocycles. The molecule has 5 heteroatoms. The topological polar surface area (TPSA) is 68.0 Å². The van der Waals surface area contributed by atoms with E-state index in [2.05, 4.69) is 16.9 Å². The second-order valence-corrected chi connectivity index (χ2v) is 4.80. The number of carboxylic acid groups (broad SMARTS) is 1. The maximum atomic E-state index is 10.7. The third kappa shape index (κ3) is 2.50. The second kappa shape index (κ2) is 5.36. The molecular formula is C16H15N3O2. The van der Waals surface area contributed by atoms with Crippen LogP contribution in [-0.2, 0) is 17.6 Å². The van der Waals surface area contributed by atoms with Crippen LogP contribution < -0.4 is 0 Å². The Hall–Kier alpha value is -2.69. The van der Waals surface area contributed by atoms with E-state index in [0.717, 1.165) is 34.7 Å². The molecule has 3 rings (SSSR count). The molecule has 0 spiro atoms. The van der Waals surface area contributed by atoms with Crippen LogP contribution in [0, 0.1) is 0 Å². The van der Waals surface area contributed by atoms with E-state index in [1.165, 1.54) is 0 Å². The van der Waals surface area contributed by atoms with Gasteiger partial charge in [-0.2, -0.15) is 0 Å². The molecular weight excluding hydrogens is 266 g/mol. The monoisotopic (exact) mass is 281 g/mol. The molecule has 106 valence electrons. The SMILES string of the molecule is CCc1nc2cccnc2n1-c1ccc(CC(=O)O)cc1. The Morgan fingerprint density at radius 2 is 2.00 bits per heavy atom. The van der Waals surface area contributed by atoms with E-state index in [1.54, 1.807) is 6.20 Å². The van der Waals surface area contributed by atoms with Crippen LogP contribution in [-0.4, -0.2) is 25.6 Å². The fourth-order valence-corrected chi connectivity index (χ4v) is 2.41. The lowest BCUT2D eigenvalue weighted by atomic mass is 10.1. The van der Waals surface area contributed by atoms with Gasteiger partial charge in [-0.1, -0.05) is 19.1 Å². The van der Waals surface area contributed by atoms with Crippen molar-refractivity contribution < 1.29 is 9.90 Å². The number of nitrogens with zero attached hydrogens (tertiary/aromatic N) is 3. The summed E-state index contributed by atoms with van der Waals surface area (Å²) in [6, 6.07) is 11.3. The molecule has 5 nitrogen and oxygen atoms in total. The highest BCUT2D eigenvalue weighted by molar-refractivity contribution is 5.74. The van der Waals surface area contributed by atoms with Crippen LogP contribution in [0.5, 0.6) is 0 Å². The van der Waals surface area contributed by atoms with Crippen LogP contribution in [0.3, 0.4) is 0 Å². The minimum absolute atomic E-state index is 0.0316. The Labute approximate surface area is 121 Å². The first-order chi connectivity index (χ1) is 10.2. The van der Waals surface area contributed by atoms with Gasteiger partial charge in [0.2, 0.25) is 0 Å². The van der Waals surface area contributed by atoms with Gasteiger partial charge in [-0.25, -0.2) is 9.97 Å². The quantitative estimate of drug-likeness (QED) is 0.798. The summed E-state index contributed by atoms with van der Waals surface area (Å²) in [4.78, 5) is 19.7. The lowest BCUT2D eigenvalue weighted by Gasteiger charge is -2.08. The van der Waals surface area contributed by atoms with Crippen LogP contribution in [0.2, 0.25) is 0 Å². The minimum atomic E-state index is -0.827. The maximum Gasteiger partial charge on any atom is 0.307 e. The fraction of sp³-hybridized carbons (Fsp3) is 0.188. The molecule has 1 aromatic carbocycles. The summed E-state index contributed by atoms with van der Waals surface area (Å²) >= 11 is 0. The predicted molar refractivity (Wildman–Crippen MR) is 79.6 cm³/mol. The van der Waals surface area contributed by atoms with Crippen molar-refractivity contribution in [2.75, 3.05) is 0 Å². The molecule has 2 aromatic heterocycles. The average molecular weight is 281 g/mol. The molecule has 0 aliphatic heterocycles. The first-order valence-electron chi connectivity index (χ1n) is 6.82. The third-order valence-electron chi connectivity index (χ3n) is 3.35. The van der Waals surface area contributed by atoms with Crippen LogP contribution in [0.15, 0.2) is 42.6 Å². The van der Waals surface area contributed by atoms with E-state index >= 15 is 0 Å². The van der Waals surface area contributed by atoms with Crippen molar-refractivity contribution in [1.82, 2.24) is 14.5 Å². The molecule has 0 radical (unpaired) electrons. The molecule has 0 amide bonds. The smallest absolute Gasteiger partial charge is 0.307 e. The molecule has 0 unspecified atom stereocenters. The number of imidazole rings is 1. The van der Waals surface area contributed by atoms with Gasteiger partial charge in [0.25, 0.3) is 0 Å². The molecule has 0 saturated heterocycles. The van der Waals surface area contributed by atoms with Gasteiger partial charge in [-0.05, 0) is 29.8 Å². The molecule has 2 heterocycles. The standard InChI is InChI=1S/C16H15N3O2/c1-2-14-18-13-4-3-9-17-16(13)19(14)12-7-5-11(6-8-12)10-15(20)21/h3-9H,2,10H2,1H3,(H,20,21). The van der Waals surface area contributed by atoms with Gasteiger partial charge in [-0.15, -0.1) is 0 Å². The first-order valence-corrected chi connectivity index (χ1v) is 6.82.